The van der Waals surface area contributed by atoms with Crippen molar-refractivity contribution < 1.29 is 8.42 Å². The molecule has 1 saturated heterocycles. The van der Waals surface area contributed by atoms with Crippen molar-refractivity contribution in [3.05, 3.63) is 42.5 Å². The fourth-order valence-corrected chi connectivity index (χ4v) is 4.48. The first kappa shape index (κ1) is 14.5. The molecule has 2 aromatic rings. The van der Waals surface area contributed by atoms with Crippen LogP contribution in [0.1, 0.15) is 6.92 Å². The van der Waals surface area contributed by atoms with E-state index in [1.807, 2.05) is 36.4 Å². The Labute approximate surface area is 126 Å². The Kier molecular flexibility index (Phi) is 3.97. The molecule has 1 heterocycles. The largest absolute Gasteiger partial charge is 0.301 e. The van der Waals surface area contributed by atoms with Crippen molar-refractivity contribution in [3.8, 4) is 0 Å². The fourth-order valence-electron chi connectivity index (χ4n) is 2.85. The molecule has 3 rings (SSSR count). The molecule has 2 aromatic carbocycles. The molecular weight excluding hydrogens is 284 g/mol. The summed E-state index contributed by atoms with van der Waals surface area (Å²) >= 11 is 0. The lowest BCUT2D eigenvalue weighted by Gasteiger charge is -2.33. The number of fused-ring (bicyclic) bond motifs is 1. The molecule has 0 aliphatic carbocycles. The first-order valence-corrected chi connectivity index (χ1v) is 8.77. The molecule has 0 atom stereocenters. The van der Waals surface area contributed by atoms with Crippen LogP contribution in [0.2, 0.25) is 0 Å². The zero-order valence-electron chi connectivity index (χ0n) is 12.2. The topological polar surface area (TPSA) is 40.6 Å². The SMILES string of the molecule is CCN1CCN(S(=O)(=O)c2cccc3ccccc23)CC1. The van der Waals surface area contributed by atoms with Crippen LogP contribution in [-0.4, -0.2) is 50.3 Å². The molecule has 0 aromatic heterocycles. The minimum atomic E-state index is -3.41. The number of hydrogen-bond donors (Lipinski definition) is 0. The summed E-state index contributed by atoms with van der Waals surface area (Å²) in [7, 11) is -3.41. The van der Waals surface area contributed by atoms with Crippen molar-refractivity contribution in [3.63, 3.8) is 0 Å². The van der Waals surface area contributed by atoms with Crippen LogP contribution in [0, 0.1) is 0 Å². The van der Waals surface area contributed by atoms with E-state index in [0.29, 0.717) is 18.0 Å². The predicted octanol–water partition coefficient (Wildman–Crippen LogP) is 2.17. The highest BCUT2D eigenvalue weighted by atomic mass is 32.2. The molecule has 1 aliphatic rings. The van der Waals surface area contributed by atoms with Crippen molar-refractivity contribution in [1.82, 2.24) is 9.21 Å². The summed E-state index contributed by atoms with van der Waals surface area (Å²) in [5.74, 6) is 0. The van der Waals surface area contributed by atoms with E-state index in [1.54, 1.807) is 10.4 Å². The Bertz CT molecular complexity index is 730. The number of hydrogen-bond acceptors (Lipinski definition) is 3. The average Bonchev–Trinajstić information content (AvgIpc) is 2.54. The molecule has 0 radical (unpaired) electrons. The number of rotatable bonds is 3. The summed E-state index contributed by atoms with van der Waals surface area (Å²) in [5.41, 5.74) is 0. The van der Waals surface area contributed by atoms with Crippen LogP contribution < -0.4 is 0 Å². The van der Waals surface area contributed by atoms with Gasteiger partial charge in [0.25, 0.3) is 0 Å². The van der Waals surface area contributed by atoms with Gasteiger partial charge in [0, 0.05) is 31.6 Å². The summed E-state index contributed by atoms with van der Waals surface area (Å²) in [6, 6.07) is 13.1. The lowest BCUT2D eigenvalue weighted by molar-refractivity contribution is 0.196. The van der Waals surface area contributed by atoms with E-state index in [-0.39, 0.29) is 0 Å². The maximum Gasteiger partial charge on any atom is 0.243 e. The second kappa shape index (κ2) is 5.75. The summed E-state index contributed by atoms with van der Waals surface area (Å²) in [6.45, 7) is 5.83. The molecule has 21 heavy (non-hydrogen) atoms. The molecule has 1 aliphatic heterocycles. The molecule has 4 nitrogen and oxygen atoms in total. The van der Waals surface area contributed by atoms with Gasteiger partial charge in [-0.05, 0) is 18.0 Å². The highest BCUT2D eigenvalue weighted by Gasteiger charge is 2.29. The van der Waals surface area contributed by atoms with Gasteiger partial charge in [0.1, 0.15) is 0 Å². The molecule has 0 saturated carbocycles. The van der Waals surface area contributed by atoms with E-state index in [9.17, 15) is 8.42 Å². The molecular formula is C16H20N2O2S. The fraction of sp³-hybridized carbons (Fsp3) is 0.375. The van der Waals surface area contributed by atoms with Crippen molar-refractivity contribution in [1.29, 1.82) is 0 Å². The zero-order valence-corrected chi connectivity index (χ0v) is 13.0. The molecule has 0 N–H and O–H groups in total. The lowest BCUT2D eigenvalue weighted by atomic mass is 10.1. The molecule has 0 bridgehead atoms. The summed E-state index contributed by atoms with van der Waals surface area (Å²) < 4.78 is 27.4. The maximum atomic E-state index is 12.9. The molecule has 0 spiro atoms. The smallest absolute Gasteiger partial charge is 0.243 e. The number of piperazine rings is 1. The Hall–Kier alpha value is -1.43. The zero-order chi connectivity index (χ0) is 14.9. The van der Waals surface area contributed by atoms with Gasteiger partial charge in [0.05, 0.1) is 4.90 Å². The third kappa shape index (κ3) is 2.69. The van der Waals surface area contributed by atoms with Gasteiger partial charge in [0.2, 0.25) is 10.0 Å². The molecule has 0 amide bonds. The van der Waals surface area contributed by atoms with Gasteiger partial charge in [-0.2, -0.15) is 4.31 Å². The van der Waals surface area contributed by atoms with Crippen LogP contribution in [0.15, 0.2) is 47.4 Å². The van der Waals surface area contributed by atoms with Crippen LogP contribution >= 0.6 is 0 Å². The Morgan fingerprint density at radius 1 is 0.952 bits per heavy atom. The van der Waals surface area contributed by atoms with Gasteiger partial charge in [-0.1, -0.05) is 43.3 Å². The number of sulfonamides is 1. The monoisotopic (exact) mass is 304 g/mol. The van der Waals surface area contributed by atoms with Crippen LogP contribution in [0.3, 0.4) is 0 Å². The van der Waals surface area contributed by atoms with E-state index >= 15 is 0 Å². The minimum absolute atomic E-state index is 0.422. The van der Waals surface area contributed by atoms with Crippen molar-refractivity contribution in [2.24, 2.45) is 0 Å². The van der Waals surface area contributed by atoms with Crippen LogP contribution in [0.5, 0.6) is 0 Å². The first-order chi connectivity index (χ1) is 10.1. The summed E-state index contributed by atoms with van der Waals surface area (Å²) in [6.07, 6.45) is 0. The Morgan fingerprint density at radius 2 is 1.62 bits per heavy atom. The van der Waals surface area contributed by atoms with E-state index in [1.165, 1.54) is 0 Å². The molecule has 1 fully saturated rings. The van der Waals surface area contributed by atoms with E-state index in [2.05, 4.69) is 11.8 Å². The van der Waals surface area contributed by atoms with Gasteiger partial charge >= 0.3 is 0 Å². The molecule has 5 heteroatoms. The Balaban J connectivity index is 1.98. The highest BCUT2D eigenvalue weighted by Crippen LogP contribution is 2.26. The second-order valence-corrected chi connectivity index (χ2v) is 7.22. The van der Waals surface area contributed by atoms with Gasteiger partial charge < -0.3 is 4.90 Å². The summed E-state index contributed by atoms with van der Waals surface area (Å²) in [4.78, 5) is 2.69. The van der Waals surface area contributed by atoms with Gasteiger partial charge in [-0.15, -0.1) is 0 Å². The van der Waals surface area contributed by atoms with Crippen molar-refractivity contribution in [2.45, 2.75) is 11.8 Å². The number of benzene rings is 2. The van der Waals surface area contributed by atoms with Gasteiger partial charge in [-0.25, -0.2) is 8.42 Å². The molecule has 112 valence electrons. The standard InChI is InChI=1S/C16H20N2O2S/c1-2-17-10-12-18(13-11-17)21(19,20)16-9-5-7-14-6-3-4-8-15(14)16/h3-9H,2,10-13H2,1H3. The van der Waals surface area contributed by atoms with E-state index in [0.717, 1.165) is 30.4 Å². The third-order valence-corrected chi connectivity index (χ3v) is 6.10. The van der Waals surface area contributed by atoms with E-state index < -0.39 is 10.0 Å². The van der Waals surface area contributed by atoms with Crippen molar-refractivity contribution in [2.75, 3.05) is 32.7 Å². The lowest BCUT2D eigenvalue weighted by Crippen LogP contribution is -2.48. The highest BCUT2D eigenvalue weighted by molar-refractivity contribution is 7.89. The van der Waals surface area contributed by atoms with Gasteiger partial charge in [-0.3, -0.25) is 0 Å². The number of nitrogens with zero attached hydrogens (tertiary/aromatic N) is 2. The quantitative estimate of drug-likeness (QED) is 0.872. The van der Waals surface area contributed by atoms with E-state index in [4.69, 9.17) is 0 Å². The van der Waals surface area contributed by atoms with Crippen LogP contribution in [-0.2, 0) is 10.0 Å². The minimum Gasteiger partial charge on any atom is -0.301 e. The normalized spacial score (nSPS) is 18.1. The Morgan fingerprint density at radius 3 is 2.33 bits per heavy atom. The predicted molar refractivity (Wildman–Crippen MR) is 84.8 cm³/mol. The third-order valence-electron chi connectivity index (χ3n) is 4.15. The van der Waals surface area contributed by atoms with Crippen LogP contribution in [0.25, 0.3) is 10.8 Å². The number of likely N-dealkylation sites (N-methyl/N-ethyl adjacent to an activating group) is 1. The summed E-state index contributed by atoms with van der Waals surface area (Å²) in [5, 5.41) is 1.77. The average molecular weight is 304 g/mol. The van der Waals surface area contributed by atoms with Crippen molar-refractivity contribution >= 4 is 20.8 Å². The van der Waals surface area contributed by atoms with Crippen LogP contribution in [0.4, 0.5) is 0 Å². The molecule has 0 unspecified atom stereocenters. The first-order valence-electron chi connectivity index (χ1n) is 7.33. The maximum absolute atomic E-state index is 12.9. The second-order valence-electron chi connectivity index (χ2n) is 5.32. The van der Waals surface area contributed by atoms with Gasteiger partial charge in [0.15, 0.2) is 0 Å².